The maximum absolute atomic E-state index is 12.6. The van der Waals surface area contributed by atoms with Gasteiger partial charge in [-0.05, 0) is 12.8 Å². The fourth-order valence-electron chi connectivity index (χ4n) is 2.15. The Bertz CT molecular complexity index is 690. The van der Waals surface area contributed by atoms with Crippen molar-refractivity contribution in [2.45, 2.75) is 39.5 Å². The standard InChI is InChI=1S/C15H21N5O2/c1-3-5-7-20(8-6-4-2)15(22)12-14(21)19-13-11(18-12)9-16-10-17-13/h9-10H,3-8H2,1-2H3,(H,16,17,19,21). The third-order valence-corrected chi connectivity index (χ3v) is 3.43. The molecule has 0 atom stereocenters. The second-order valence-corrected chi connectivity index (χ2v) is 5.17. The molecule has 2 aromatic heterocycles. The lowest BCUT2D eigenvalue weighted by Crippen LogP contribution is -2.37. The van der Waals surface area contributed by atoms with Crippen molar-refractivity contribution >= 4 is 17.1 Å². The molecule has 0 radical (unpaired) electrons. The number of carbonyl (C=O) groups excluding carboxylic acids is 1. The topological polar surface area (TPSA) is 91.8 Å². The van der Waals surface area contributed by atoms with Gasteiger partial charge in [-0.15, -0.1) is 0 Å². The molecule has 0 fully saturated rings. The van der Waals surface area contributed by atoms with Crippen molar-refractivity contribution in [1.82, 2.24) is 24.8 Å². The lowest BCUT2D eigenvalue weighted by Gasteiger charge is -2.21. The first-order chi connectivity index (χ1) is 10.7. The zero-order chi connectivity index (χ0) is 15.9. The van der Waals surface area contributed by atoms with Crippen LogP contribution >= 0.6 is 0 Å². The second kappa shape index (κ2) is 7.63. The second-order valence-electron chi connectivity index (χ2n) is 5.17. The van der Waals surface area contributed by atoms with Crippen LogP contribution in [0.15, 0.2) is 17.3 Å². The molecule has 0 aromatic carbocycles. The molecule has 1 amide bonds. The molecule has 0 spiro atoms. The zero-order valence-corrected chi connectivity index (χ0v) is 13.0. The van der Waals surface area contributed by atoms with Gasteiger partial charge in [-0.2, -0.15) is 0 Å². The number of nitrogens with one attached hydrogen (secondary N) is 1. The van der Waals surface area contributed by atoms with E-state index in [0.717, 1.165) is 25.7 Å². The van der Waals surface area contributed by atoms with Crippen LogP contribution in [0.1, 0.15) is 50.0 Å². The van der Waals surface area contributed by atoms with E-state index in [2.05, 4.69) is 33.8 Å². The number of aromatic nitrogens is 4. The van der Waals surface area contributed by atoms with Crippen LogP contribution < -0.4 is 5.56 Å². The number of hydrogen-bond donors (Lipinski definition) is 1. The number of rotatable bonds is 7. The summed E-state index contributed by atoms with van der Waals surface area (Å²) in [6.45, 7) is 5.42. The fraction of sp³-hybridized carbons (Fsp3) is 0.533. The van der Waals surface area contributed by atoms with E-state index >= 15 is 0 Å². The Labute approximate surface area is 128 Å². The smallest absolute Gasteiger partial charge is 0.281 e. The lowest BCUT2D eigenvalue weighted by molar-refractivity contribution is 0.0743. The van der Waals surface area contributed by atoms with Gasteiger partial charge in [-0.25, -0.2) is 15.0 Å². The molecular weight excluding hydrogens is 282 g/mol. The summed E-state index contributed by atoms with van der Waals surface area (Å²) in [6.07, 6.45) is 6.61. The predicted molar refractivity (Wildman–Crippen MR) is 83.7 cm³/mol. The minimum absolute atomic E-state index is 0.0884. The number of hydrogen-bond acceptors (Lipinski definition) is 5. The molecule has 1 N–H and O–H groups in total. The van der Waals surface area contributed by atoms with Gasteiger partial charge in [0, 0.05) is 13.1 Å². The van der Waals surface area contributed by atoms with Gasteiger partial charge in [0.25, 0.3) is 11.5 Å². The van der Waals surface area contributed by atoms with Crippen LogP contribution in [0.3, 0.4) is 0 Å². The summed E-state index contributed by atoms with van der Waals surface area (Å²) in [6, 6.07) is 0. The number of H-pyrrole nitrogens is 1. The number of nitrogens with zero attached hydrogens (tertiary/aromatic N) is 4. The van der Waals surface area contributed by atoms with Gasteiger partial charge in [0.2, 0.25) is 0 Å². The van der Waals surface area contributed by atoms with E-state index in [4.69, 9.17) is 0 Å². The molecule has 0 aliphatic heterocycles. The molecule has 2 rings (SSSR count). The van der Waals surface area contributed by atoms with Crippen molar-refractivity contribution in [2.24, 2.45) is 0 Å². The minimum Gasteiger partial charge on any atom is -0.337 e. The third-order valence-electron chi connectivity index (χ3n) is 3.43. The highest BCUT2D eigenvalue weighted by atomic mass is 16.2. The number of unbranched alkanes of at least 4 members (excludes halogenated alkanes) is 2. The highest BCUT2D eigenvalue weighted by molar-refractivity contribution is 5.93. The number of amides is 1. The third kappa shape index (κ3) is 3.66. The first kappa shape index (κ1) is 16.1. The quantitative estimate of drug-likeness (QED) is 0.841. The maximum atomic E-state index is 12.6. The summed E-state index contributed by atoms with van der Waals surface area (Å²) < 4.78 is 0. The van der Waals surface area contributed by atoms with Gasteiger partial charge < -0.3 is 9.88 Å². The van der Waals surface area contributed by atoms with Gasteiger partial charge in [0.05, 0.1) is 6.20 Å². The molecular formula is C15H21N5O2. The Hall–Kier alpha value is -2.31. The molecule has 7 nitrogen and oxygen atoms in total. The lowest BCUT2D eigenvalue weighted by atomic mass is 10.2. The van der Waals surface area contributed by atoms with Gasteiger partial charge >= 0.3 is 0 Å². The highest BCUT2D eigenvalue weighted by Crippen LogP contribution is 2.06. The van der Waals surface area contributed by atoms with E-state index < -0.39 is 5.56 Å². The molecule has 2 heterocycles. The molecule has 118 valence electrons. The van der Waals surface area contributed by atoms with E-state index in [1.165, 1.54) is 12.5 Å². The van der Waals surface area contributed by atoms with Crippen LogP contribution in [-0.2, 0) is 0 Å². The summed E-state index contributed by atoms with van der Waals surface area (Å²) >= 11 is 0. The van der Waals surface area contributed by atoms with Crippen molar-refractivity contribution in [2.75, 3.05) is 13.1 Å². The first-order valence-electron chi connectivity index (χ1n) is 7.66. The van der Waals surface area contributed by atoms with Crippen molar-refractivity contribution < 1.29 is 4.79 Å². The van der Waals surface area contributed by atoms with Crippen molar-refractivity contribution in [1.29, 1.82) is 0 Å². The molecule has 0 unspecified atom stereocenters. The predicted octanol–water partition coefficient (Wildman–Crippen LogP) is 1.76. The van der Waals surface area contributed by atoms with Crippen LogP contribution in [0.5, 0.6) is 0 Å². The van der Waals surface area contributed by atoms with Gasteiger partial charge in [-0.3, -0.25) is 9.59 Å². The Morgan fingerprint density at radius 2 is 1.91 bits per heavy atom. The molecule has 0 aliphatic rings. The van der Waals surface area contributed by atoms with Crippen LogP contribution in [-0.4, -0.2) is 43.8 Å². The average Bonchev–Trinajstić information content (AvgIpc) is 2.54. The van der Waals surface area contributed by atoms with Crippen LogP contribution in [0.25, 0.3) is 11.2 Å². The monoisotopic (exact) mass is 303 g/mol. The Kier molecular flexibility index (Phi) is 5.57. The summed E-state index contributed by atoms with van der Waals surface area (Å²) in [5.41, 5.74) is 0.158. The minimum atomic E-state index is -0.505. The molecule has 7 heteroatoms. The van der Waals surface area contributed by atoms with E-state index in [-0.39, 0.29) is 11.6 Å². The van der Waals surface area contributed by atoms with Crippen LogP contribution in [0.4, 0.5) is 0 Å². The first-order valence-corrected chi connectivity index (χ1v) is 7.66. The number of fused-ring (bicyclic) bond motifs is 1. The molecule has 0 saturated heterocycles. The summed E-state index contributed by atoms with van der Waals surface area (Å²) in [4.78, 5) is 41.0. The normalized spacial score (nSPS) is 10.8. The van der Waals surface area contributed by atoms with E-state index in [0.29, 0.717) is 24.3 Å². The van der Waals surface area contributed by atoms with Crippen LogP contribution in [0, 0.1) is 0 Å². The highest BCUT2D eigenvalue weighted by Gasteiger charge is 2.20. The molecule has 0 bridgehead atoms. The number of carbonyl (C=O) groups is 1. The molecule has 0 aliphatic carbocycles. The molecule has 22 heavy (non-hydrogen) atoms. The maximum Gasteiger partial charge on any atom is 0.281 e. The Balaban J connectivity index is 2.32. The number of aromatic amines is 1. The zero-order valence-electron chi connectivity index (χ0n) is 13.0. The van der Waals surface area contributed by atoms with E-state index in [1.54, 1.807) is 4.90 Å². The van der Waals surface area contributed by atoms with Crippen LogP contribution in [0.2, 0.25) is 0 Å². The summed E-state index contributed by atoms with van der Waals surface area (Å²) in [5.74, 6) is -0.325. The van der Waals surface area contributed by atoms with Crippen molar-refractivity contribution in [3.05, 3.63) is 28.6 Å². The van der Waals surface area contributed by atoms with Gasteiger partial charge in [0.1, 0.15) is 11.8 Å². The Morgan fingerprint density at radius 3 is 2.55 bits per heavy atom. The summed E-state index contributed by atoms with van der Waals surface area (Å²) in [5, 5.41) is 0. The Morgan fingerprint density at radius 1 is 1.23 bits per heavy atom. The summed E-state index contributed by atoms with van der Waals surface area (Å²) in [7, 11) is 0. The average molecular weight is 303 g/mol. The molecule has 0 saturated carbocycles. The SMILES string of the molecule is CCCCN(CCCC)C(=O)c1nc2cncnc2[nH]c1=O. The van der Waals surface area contributed by atoms with Gasteiger partial charge in [-0.1, -0.05) is 26.7 Å². The van der Waals surface area contributed by atoms with Gasteiger partial charge in [0.15, 0.2) is 11.3 Å². The largest absolute Gasteiger partial charge is 0.337 e. The van der Waals surface area contributed by atoms with Crippen molar-refractivity contribution in [3.8, 4) is 0 Å². The van der Waals surface area contributed by atoms with E-state index in [9.17, 15) is 9.59 Å². The van der Waals surface area contributed by atoms with Crippen molar-refractivity contribution in [3.63, 3.8) is 0 Å². The molecule has 2 aromatic rings. The fourth-order valence-corrected chi connectivity index (χ4v) is 2.15. The van der Waals surface area contributed by atoms with E-state index in [1.807, 2.05) is 0 Å².